The maximum atomic E-state index is 12.0. The van der Waals surface area contributed by atoms with Gasteiger partial charge in [0.05, 0.1) is 12.1 Å². The minimum absolute atomic E-state index is 0.0478. The first-order chi connectivity index (χ1) is 9.47. The van der Waals surface area contributed by atoms with Crippen molar-refractivity contribution in [2.24, 2.45) is 5.92 Å². The van der Waals surface area contributed by atoms with Crippen LogP contribution in [0.5, 0.6) is 0 Å². The second-order valence-corrected chi connectivity index (χ2v) is 6.92. The molecule has 0 unspecified atom stereocenters. The van der Waals surface area contributed by atoms with E-state index < -0.39 is 15.8 Å². The van der Waals surface area contributed by atoms with Crippen molar-refractivity contribution in [3.05, 3.63) is 30.1 Å². The van der Waals surface area contributed by atoms with E-state index in [2.05, 4.69) is 4.98 Å². The number of nitrogens with zero attached hydrogens (tertiary/aromatic N) is 2. The highest BCUT2D eigenvalue weighted by Crippen LogP contribution is 2.29. The van der Waals surface area contributed by atoms with Crippen LogP contribution in [-0.4, -0.2) is 36.6 Å². The summed E-state index contributed by atoms with van der Waals surface area (Å²) in [6.07, 6.45) is 4.78. The number of hydrogen-bond acceptors (Lipinski definition) is 5. The molecule has 7 heteroatoms. The zero-order valence-corrected chi connectivity index (χ0v) is 11.8. The Morgan fingerprint density at radius 3 is 2.85 bits per heavy atom. The molecule has 1 aliphatic carbocycles. The number of fused-ring (bicyclic) bond motifs is 1. The average molecular weight is 294 g/mol. The van der Waals surface area contributed by atoms with E-state index in [9.17, 15) is 13.2 Å². The number of hydrogen-bond donors (Lipinski definition) is 0. The highest BCUT2D eigenvalue weighted by atomic mass is 32.2. The standard InChI is InChI=1S/C13H14N2O4S/c1-20(17,18)13-14-11(10-4-2-3-7-15(10)13)12(16)19-8-9-5-6-9/h2-4,7,9H,5-6,8H2,1H3. The Morgan fingerprint density at radius 1 is 1.45 bits per heavy atom. The number of aromatic nitrogens is 2. The van der Waals surface area contributed by atoms with Crippen LogP contribution in [0.2, 0.25) is 0 Å². The Bertz CT molecular complexity index is 775. The SMILES string of the molecule is CS(=O)(=O)c1nc(C(=O)OCC2CC2)c2ccccn12. The second kappa shape index (κ2) is 4.59. The molecule has 0 aliphatic heterocycles. The predicted octanol–water partition coefficient (Wildman–Crippen LogP) is 1.30. The Balaban J connectivity index is 2.03. The summed E-state index contributed by atoms with van der Waals surface area (Å²) in [6.45, 7) is 0.374. The van der Waals surface area contributed by atoms with Crippen LogP contribution < -0.4 is 0 Å². The van der Waals surface area contributed by atoms with Crippen LogP contribution >= 0.6 is 0 Å². The van der Waals surface area contributed by atoms with Gasteiger partial charge in [0.25, 0.3) is 0 Å². The lowest BCUT2D eigenvalue weighted by atomic mass is 10.3. The molecule has 0 atom stereocenters. The molecule has 0 radical (unpaired) electrons. The Morgan fingerprint density at radius 2 is 2.20 bits per heavy atom. The molecule has 6 nitrogen and oxygen atoms in total. The number of esters is 1. The number of carbonyl (C=O) groups excluding carboxylic acids is 1. The normalized spacial score (nSPS) is 15.4. The first-order valence-electron chi connectivity index (χ1n) is 6.31. The van der Waals surface area contributed by atoms with Gasteiger partial charge in [0.15, 0.2) is 5.69 Å². The number of rotatable bonds is 4. The molecule has 1 saturated carbocycles. The summed E-state index contributed by atoms with van der Waals surface area (Å²) < 4.78 is 30.0. The fraction of sp³-hybridized carbons (Fsp3) is 0.385. The molecular formula is C13H14N2O4S. The van der Waals surface area contributed by atoms with Crippen LogP contribution in [0.4, 0.5) is 0 Å². The average Bonchev–Trinajstić information content (AvgIpc) is 3.13. The van der Waals surface area contributed by atoms with Gasteiger partial charge in [-0.25, -0.2) is 18.2 Å². The van der Waals surface area contributed by atoms with Gasteiger partial charge in [-0.2, -0.15) is 0 Å². The molecule has 0 bridgehead atoms. The van der Waals surface area contributed by atoms with Crippen molar-refractivity contribution in [1.82, 2.24) is 9.38 Å². The molecule has 2 aromatic rings. The van der Waals surface area contributed by atoms with Crippen LogP contribution in [-0.2, 0) is 14.6 Å². The molecule has 1 aliphatic rings. The van der Waals surface area contributed by atoms with Gasteiger partial charge in [0.1, 0.15) is 0 Å². The van der Waals surface area contributed by atoms with Crippen molar-refractivity contribution >= 4 is 21.3 Å². The Kier molecular flexibility index (Phi) is 3.01. The highest BCUT2D eigenvalue weighted by molar-refractivity contribution is 7.90. The maximum absolute atomic E-state index is 12.0. The summed E-state index contributed by atoms with van der Waals surface area (Å²) in [5.74, 6) is -0.127. The van der Waals surface area contributed by atoms with Crippen molar-refractivity contribution in [1.29, 1.82) is 0 Å². The molecule has 20 heavy (non-hydrogen) atoms. The summed E-state index contributed by atoms with van der Waals surface area (Å²) >= 11 is 0. The van der Waals surface area contributed by atoms with Gasteiger partial charge >= 0.3 is 5.97 Å². The van der Waals surface area contributed by atoms with Gasteiger partial charge in [0.2, 0.25) is 15.0 Å². The van der Waals surface area contributed by atoms with Crippen molar-refractivity contribution in [2.45, 2.75) is 18.0 Å². The Labute approximate surface area is 116 Å². The smallest absolute Gasteiger partial charge is 0.359 e. The molecule has 3 rings (SSSR count). The quantitative estimate of drug-likeness (QED) is 0.794. The molecule has 0 amide bonds. The van der Waals surface area contributed by atoms with Crippen LogP contribution in [0.1, 0.15) is 23.3 Å². The minimum atomic E-state index is -3.52. The fourth-order valence-corrected chi connectivity index (χ4v) is 2.74. The van der Waals surface area contributed by atoms with E-state index in [1.165, 1.54) is 4.40 Å². The molecule has 0 N–H and O–H groups in total. The van der Waals surface area contributed by atoms with Gasteiger partial charge in [-0.3, -0.25) is 4.40 Å². The summed E-state index contributed by atoms with van der Waals surface area (Å²) in [4.78, 5) is 16.0. The Hall–Kier alpha value is -1.89. The van der Waals surface area contributed by atoms with E-state index in [0.29, 0.717) is 18.0 Å². The third-order valence-electron chi connectivity index (χ3n) is 3.19. The van der Waals surface area contributed by atoms with Crippen LogP contribution in [0.3, 0.4) is 0 Å². The molecular weight excluding hydrogens is 280 g/mol. The van der Waals surface area contributed by atoms with Crippen molar-refractivity contribution < 1.29 is 17.9 Å². The summed E-state index contributed by atoms with van der Waals surface area (Å²) in [5, 5.41) is -0.147. The van der Waals surface area contributed by atoms with Gasteiger partial charge in [0, 0.05) is 12.5 Å². The van der Waals surface area contributed by atoms with Gasteiger partial charge in [-0.1, -0.05) is 6.07 Å². The van der Waals surface area contributed by atoms with Crippen molar-refractivity contribution in [3.8, 4) is 0 Å². The molecule has 0 spiro atoms. The third kappa shape index (κ3) is 2.40. The van der Waals surface area contributed by atoms with E-state index in [1.54, 1.807) is 24.4 Å². The molecule has 0 saturated heterocycles. The third-order valence-corrected chi connectivity index (χ3v) is 4.14. The zero-order chi connectivity index (χ0) is 14.3. The molecule has 106 valence electrons. The number of carbonyl (C=O) groups is 1. The number of pyridine rings is 1. The summed E-state index contributed by atoms with van der Waals surface area (Å²) in [5.41, 5.74) is 0.486. The molecule has 1 fully saturated rings. The van der Waals surface area contributed by atoms with E-state index in [0.717, 1.165) is 19.1 Å². The van der Waals surface area contributed by atoms with Gasteiger partial charge < -0.3 is 4.74 Å². The van der Waals surface area contributed by atoms with E-state index in [4.69, 9.17) is 4.74 Å². The maximum Gasteiger partial charge on any atom is 0.359 e. The van der Waals surface area contributed by atoms with Crippen molar-refractivity contribution in [2.75, 3.05) is 12.9 Å². The van der Waals surface area contributed by atoms with E-state index in [-0.39, 0.29) is 10.9 Å². The number of imidazole rings is 1. The van der Waals surface area contributed by atoms with E-state index >= 15 is 0 Å². The lowest BCUT2D eigenvalue weighted by Gasteiger charge is -2.01. The lowest BCUT2D eigenvalue weighted by Crippen LogP contribution is -2.09. The largest absolute Gasteiger partial charge is 0.461 e. The summed E-state index contributed by atoms with van der Waals surface area (Å²) in [7, 11) is -3.52. The highest BCUT2D eigenvalue weighted by Gasteiger charge is 2.27. The fourth-order valence-electron chi connectivity index (χ4n) is 1.97. The topological polar surface area (TPSA) is 77.7 Å². The predicted molar refractivity (Wildman–Crippen MR) is 71.3 cm³/mol. The zero-order valence-electron chi connectivity index (χ0n) is 10.9. The summed E-state index contributed by atoms with van der Waals surface area (Å²) in [6, 6.07) is 5.05. The molecule has 0 aromatic carbocycles. The number of ether oxygens (including phenoxy) is 1. The van der Waals surface area contributed by atoms with Crippen molar-refractivity contribution in [3.63, 3.8) is 0 Å². The second-order valence-electron chi connectivity index (χ2n) is 5.01. The monoisotopic (exact) mass is 294 g/mol. The van der Waals surface area contributed by atoms with Gasteiger partial charge in [-0.05, 0) is 30.9 Å². The van der Waals surface area contributed by atoms with Crippen LogP contribution in [0.25, 0.3) is 5.52 Å². The van der Waals surface area contributed by atoms with E-state index in [1.807, 2.05) is 0 Å². The van der Waals surface area contributed by atoms with Gasteiger partial charge in [-0.15, -0.1) is 0 Å². The van der Waals surface area contributed by atoms with Crippen LogP contribution in [0, 0.1) is 5.92 Å². The lowest BCUT2D eigenvalue weighted by molar-refractivity contribution is 0.0482. The first kappa shape index (κ1) is 13.1. The molecule has 2 heterocycles. The number of sulfone groups is 1. The molecule has 2 aromatic heterocycles. The first-order valence-corrected chi connectivity index (χ1v) is 8.20. The minimum Gasteiger partial charge on any atom is -0.461 e. The van der Waals surface area contributed by atoms with Crippen LogP contribution in [0.15, 0.2) is 29.6 Å².